The fraction of sp³-hybridized carbons (Fsp3) is 0.0690. The highest BCUT2D eigenvalue weighted by atomic mass is 19.1. The number of nitrogens with one attached hydrogen (secondary N) is 1. The number of halogens is 1. The van der Waals surface area contributed by atoms with Gasteiger partial charge in [0.25, 0.3) is 5.91 Å². The molecule has 0 radical (unpaired) electrons. The van der Waals surface area contributed by atoms with Crippen molar-refractivity contribution in [1.29, 1.82) is 0 Å². The Balaban J connectivity index is 1.58. The van der Waals surface area contributed by atoms with Gasteiger partial charge < -0.3 is 9.88 Å². The highest BCUT2D eigenvalue weighted by Gasteiger charge is 2.40. The molecule has 3 nitrogen and oxygen atoms in total. The minimum atomic E-state index is -0.283. The summed E-state index contributed by atoms with van der Waals surface area (Å²) < 4.78 is 13.5. The average Bonchev–Trinajstić information content (AvgIpc) is 3.36. The van der Waals surface area contributed by atoms with Crippen LogP contribution in [0.25, 0.3) is 22.2 Å². The highest BCUT2D eigenvalue weighted by Crippen LogP contribution is 2.45. The molecule has 0 spiro atoms. The summed E-state index contributed by atoms with van der Waals surface area (Å²) in [5.41, 5.74) is 6.80. The zero-order chi connectivity index (χ0) is 22.4. The van der Waals surface area contributed by atoms with Gasteiger partial charge >= 0.3 is 0 Å². The van der Waals surface area contributed by atoms with Crippen LogP contribution in [0, 0.1) is 5.82 Å². The summed E-state index contributed by atoms with van der Waals surface area (Å²) in [5, 5.41) is 1.09. The number of hydrogen-bond donors (Lipinski definition) is 1. The summed E-state index contributed by atoms with van der Waals surface area (Å²) in [4.78, 5) is 19.1. The zero-order valence-corrected chi connectivity index (χ0v) is 17.8. The van der Waals surface area contributed by atoms with E-state index in [1.165, 1.54) is 12.1 Å². The van der Waals surface area contributed by atoms with E-state index in [1.807, 2.05) is 59.5 Å². The van der Waals surface area contributed by atoms with Crippen LogP contribution in [0.5, 0.6) is 0 Å². The molecule has 0 saturated carbocycles. The molecule has 1 atom stereocenters. The molecule has 5 aromatic rings. The van der Waals surface area contributed by atoms with Crippen LogP contribution >= 0.6 is 0 Å². The smallest absolute Gasteiger partial charge is 0.255 e. The molecule has 0 bridgehead atoms. The summed E-state index contributed by atoms with van der Waals surface area (Å²) in [6, 6.07) is 32.4. The van der Waals surface area contributed by atoms with Crippen molar-refractivity contribution in [3.05, 3.63) is 131 Å². The maximum absolute atomic E-state index is 13.6. The number of amides is 1. The number of benzene rings is 4. The summed E-state index contributed by atoms with van der Waals surface area (Å²) >= 11 is 0. The second-order valence-electron chi connectivity index (χ2n) is 8.37. The van der Waals surface area contributed by atoms with E-state index in [1.54, 1.807) is 12.1 Å². The third kappa shape index (κ3) is 3.23. The predicted octanol–water partition coefficient (Wildman–Crippen LogP) is 6.72. The van der Waals surface area contributed by atoms with Crippen LogP contribution in [-0.2, 0) is 6.54 Å². The van der Waals surface area contributed by atoms with Crippen molar-refractivity contribution >= 4 is 16.8 Å². The number of fused-ring (bicyclic) bond motifs is 2. The van der Waals surface area contributed by atoms with Gasteiger partial charge in [0.1, 0.15) is 5.82 Å². The Hall–Kier alpha value is -4.18. The number of aromatic nitrogens is 1. The van der Waals surface area contributed by atoms with Gasteiger partial charge in [-0.25, -0.2) is 4.39 Å². The van der Waals surface area contributed by atoms with E-state index < -0.39 is 0 Å². The number of carbonyl (C=O) groups excluding carboxylic acids is 1. The number of hydrogen-bond acceptors (Lipinski definition) is 1. The van der Waals surface area contributed by atoms with Crippen LogP contribution in [0.2, 0.25) is 0 Å². The molecule has 33 heavy (non-hydrogen) atoms. The first-order valence-electron chi connectivity index (χ1n) is 11.0. The van der Waals surface area contributed by atoms with E-state index >= 15 is 0 Å². The molecule has 4 aromatic carbocycles. The maximum Gasteiger partial charge on any atom is 0.255 e. The molecule has 6 rings (SSSR count). The Bertz CT molecular complexity index is 1470. The molecular weight excluding hydrogens is 411 g/mol. The molecule has 2 heterocycles. The lowest BCUT2D eigenvalue weighted by Crippen LogP contribution is -2.28. The molecule has 160 valence electrons. The highest BCUT2D eigenvalue weighted by molar-refractivity contribution is 6.02. The van der Waals surface area contributed by atoms with Crippen LogP contribution in [0.3, 0.4) is 0 Å². The number of H-pyrrole nitrogens is 1. The predicted molar refractivity (Wildman–Crippen MR) is 128 cm³/mol. The van der Waals surface area contributed by atoms with Gasteiger partial charge in [-0.1, -0.05) is 78.9 Å². The SMILES string of the molecule is O=C1c2ccccc2[C@H](c2c(-c3ccccc3)[nH]c3ccccc23)N1Cc1ccc(F)cc1. The van der Waals surface area contributed by atoms with Gasteiger partial charge in [-0.15, -0.1) is 0 Å². The molecule has 1 aliphatic rings. The lowest BCUT2D eigenvalue weighted by Gasteiger charge is -2.27. The van der Waals surface area contributed by atoms with Crippen molar-refractivity contribution in [2.45, 2.75) is 12.6 Å². The normalized spacial score (nSPS) is 15.2. The van der Waals surface area contributed by atoms with Crippen molar-refractivity contribution in [2.75, 3.05) is 0 Å². The lowest BCUT2D eigenvalue weighted by molar-refractivity contribution is 0.0737. The minimum Gasteiger partial charge on any atom is -0.354 e. The molecule has 1 aliphatic heterocycles. The molecule has 0 saturated heterocycles. The van der Waals surface area contributed by atoms with Crippen LogP contribution in [0.1, 0.15) is 33.1 Å². The Morgan fingerprint density at radius 3 is 2.30 bits per heavy atom. The van der Waals surface area contributed by atoms with Gasteiger partial charge in [-0.3, -0.25) is 4.79 Å². The summed E-state index contributed by atoms with van der Waals surface area (Å²) in [5.74, 6) is -0.293. The average molecular weight is 432 g/mol. The molecule has 0 unspecified atom stereocenters. The fourth-order valence-electron chi connectivity index (χ4n) is 4.91. The monoisotopic (exact) mass is 432 g/mol. The zero-order valence-electron chi connectivity index (χ0n) is 17.8. The van der Waals surface area contributed by atoms with Crippen molar-refractivity contribution in [3.8, 4) is 11.3 Å². The molecular formula is C29H21FN2O. The first-order chi connectivity index (χ1) is 16.2. The van der Waals surface area contributed by atoms with Gasteiger partial charge in [0.15, 0.2) is 0 Å². The Morgan fingerprint density at radius 1 is 0.788 bits per heavy atom. The third-order valence-electron chi connectivity index (χ3n) is 6.41. The lowest BCUT2D eigenvalue weighted by atomic mass is 9.93. The van der Waals surface area contributed by atoms with Crippen LogP contribution < -0.4 is 0 Å². The third-order valence-corrected chi connectivity index (χ3v) is 6.41. The first kappa shape index (κ1) is 19.5. The van der Waals surface area contributed by atoms with Crippen LogP contribution in [0.15, 0.2) is 103 Å². The van der Waals surface area contributed by atoms with Crippen molar-refractivity contribution in [1.82, 2.24) is 9.88 Å². The van der Waals surface area contributed by atoms with Crippen LogP contribution in [-0.4, -0.2) is 15.8 Å². The van der Waals surface area contributed by atoms with E-state index in [0.29, 0.717) is 12.1 Å². The van der Waals surface area contributed by atoms with E-state index in [4.69, 9.17) is 0 Å². The van der Waals surface area contributed by atoms with Gasteiger partial charge in [0.05, 0.1) is 11.7 Å². The van der Waals surface area contributed by atoms with Gasteiger partial charge in [-0.2, -0.15) is 0 Å². The first-order valence-corrected chi connectivity index (χ1v) is 11.0. The van der Waals surface area contributed by atoms with E-state index in [9.17, 15) is 9.18 Å². The number of nitrogens with zero attached hydrogens (tertiary/aromatic N) is 1. The Labute approximate surface area is 191 Å². The second-order valence-corrected chi connectivity index (χ2v) is 8.37. The molecule has 0 fully saturated rings. The minimum absolute atomic E-state index is 0.00998. The number of carbonyl (C=O) groups is 1. The molecule has 1 amide bonds. The molecule has 4 heteroatoms. The summed E-state index contributed by atoms with van der Waals surface area (Å²) in [6.45, 7) is 0.395. The van der Waals surface area contributed by atoms with Crippen molar-refractivity contribution in [3.63, 3.8) is 0 Å². The van der Waals surface area contributed by atoms with Gasteiger partial charge in [0, 0.05) is 28.6 Å². The topological polar surface area (TPSA) is 36.1 Å². The standard InChI is InChI=1S/C29H21FN2O/c30-21-16-14-19(15-17-21)18-32-28(22-10-4-5-11-23(22)29(32)33)26-24-12-6-7-13-25(24)31-27(26)20-8-2-1-3-9-20/h1-17,28,31H,18H2/t28-/m1/s1. The van der Waals surface area contributed by atoms with Crippen molar-refractivity contribution < 1.29 is 9.18 Å². The number of para-hydroxylation sites is 1. The van der Waals surface area contributed by atoms with E-state index in [0.717, 1.165) is 38.9 Å². The number of rotatable bonds is 4. The van der Waals surface area contributed by atoms with Crippen LogP contribution in [0.4, 0.5) is 4.39 Å². The van der Waals surface area contributed by atoms with E-state index in [2.05, 4.69) is 29.2 Å². The van der Waals surface area contributed by atoms with Crippen molar-refractivity contribution in [2.24, 2.45) is 0 Å². The fourth-order valence-corrected chi connectivity index (χ4v) is 4.91. The molecule has 1 aromatic heterocycles. The second kappa shape index (κ2) is 7.75. The van der Waals surface area contributed by atoms with Gasteiger partial charge in [0.2, 0.25) is 0 Å². The Kier molecular flexibility index (Phi) is 4.58. The largest absolute Gasteiger partial charge is 0.354 e. The summed E-state index contributed by atoms with van der Waals surface area (Å²) in [7, 11) is 0. The van der Waals surface area contributed by atoms with Gasteiger partial charge in [-0.05, 0) is 41.0 Å². The molecule has 0 aliphatic carbocycles. The Morgan fingerprint density at radius 2 is 1.48 bits per heavy atom. The molecule has 1 N–H and O–H groups in total. The van der Waals surface area contributed by atoms with E-state index in [-0.39, 0.29) is 17.8 Å². The number of aromatic amines is 1. The quantitative estimate of drug-likeness (QED) is 0.336. The summed E-state index contributed by atoms with van der Waals surface area (Å²) in [6.07, 6.45) is 0. The maximum atomic E-state index is 13.6.